The molecule has 1 unspecified atom stereocenters. The number of hydrogen-bond acceptors (Lipinski definition) is 4. The lowest BCUT2D eigenvalue weighted by atomic mass is 10.1. The monoisotopic (exact) mass is 313 g/mol. The van der Waals surface area contributed by atoms with Gasteiger partial charge in [0.15, 0.2) is 11.6 Å². The Morgan fingerprint density at radius 2 is 2.10 bits per heavy atom. The summed E-state index contributed by atoms with van der Waals surface area (Å²) in [5.74, 6) is 2.31. The number of pyridine rings is 1. The molecule has 120 valence electrons. The molecule has 0 saturated heterocycles. The molecule has 5 heteroatoms. The van der Waals surface area contributed by atoms with Crippen molar-refractivity contribution in [2.75, 3.05) is 16.8 Å². The highest BCUT2D eigenvalue weighted by Crippen LogP contribution is 2.18. The SMILES string of the molecule is CCSCCC(C)Nc1nccc(CNC(C)(C)C)c1F. The van der Waals surface area contributed by atoms with E-state index in [0.717, 1.165) is 17.9 Å². The van der Waals surface area contributed by atoms with Crippen LogP contribution in [-0.4, -0.2) is 28.1 Å². The maximum atomic E-state index is 14.4. The number of rotatable bonds is 8. The van der Waals surface area contributed by atoms with Crippen molar-refractivity contribution in [2.45, 2.75) is 59.2 Å². The van der Waals surface area contributed by atoms with Crippen molar-refractivity contribution < 1.29 is 4.39 Å². The second-order valence-corrected chi connectivity index (χ2v) is 7.66. The van der Waals surface area contributed by atoms with E-state index in [4.69, 9.17) is 0 Å². The molecule has 0 aliphatic carbocycles. The molecule has 0 bridgehead atoms. The molecule has 0 radical (unpaired) electrons. The third-order valence-electron chi connectivity index (χ3n) is 3.06. The Morgan fingerprint density at radius 3 is 2.71 bits per heavy atom. The highest BCUT2D eigenvalue weighted by atomic mass is 32.2. The summed E-state index contributed by atoms with van der Waals surface area (Å²) in [6.07, 6.45) is 2.67. The van der Waals surface area contributed by atoms with Crippen LogP contribution in [-0.2, 0) is 6.54 Å². The van der Waals surface area contributed by atoms with Crippen LogP contribution in [0.2, 0.25) is 0 Å². The molecule has 0 aromatic carbocycles. The van der Waals surface area contributed by atoms with Crippen molar-refractivity contribution in [1.82, 2.24) is 10.3 Å². The number of nitrogens with one attached hydrogen (secondary N) is 2. The van der Waals surface area contributed by atoms with Crippen LogP contribution in [0.25, 0.3) is 0 Å². The summed E-state index contributed by atoms with van der Waals surface area (Å²) in [7, 11) is 0. The van der Waals surface area contributed by atoms with Gasteiger partial charge >= 0.3 is 0 Å². The van der Waals surface area contributed by atoms with Crippen LogP contribution in [0, 0.1) is 5.82 Å². The molecule has 1 atom stereocenters. The van der Waals surface area contributed by atoms with Crippen molar-refractivity contribution in [3.05, 3.63) is 23.6 Å². The number of thioether (sulfide) groups is 1. The van der Waals surface area contributed by atoms with Gasteiger partial charge in [0.25, 0.3) is 0 Å². The Labute approximate surface area is 132 Å². The van der Waals surface area contributed by atoms with Gasteiger partial charge in [-0.05, 0) is 51.7 Å². The van der Waals surface area contributed by atoms with Crippen molar-refractivity contribution in [3.63, 3.8) is 0 Å². The van der Waals surface area contributed by atoms with Gasteiger partial charge in [0.1, 0.15) is 0 Å². The van der Waals surface area contributed by atoms with Gasteiger partial charge in [0.2, 0.25) is 0 Å². The minimum absolute atomic E-state index is 0.0338. The standard InChI is InChI=1S/C16H28FN3S/c1-6-21-10-8-12(2)20-15-14(17)13(7-9-18-15)11-19-16(3,4)5/h7,9,12,19H,6,8,10-11H2,1-5H3,(H,18,20). The Kier molecular flexibility index (Phi) is 7.46. The minimum atomic E-state index is -0.246. The van der Waals surface area contributed by atoms with Gasteiger partial charge in [-0.1, -0.05) is 6.92 Å². The first-order valence-corrected chi connectivity index (χ1v) is 8.71. The zero-order chi connectivity index (χ0) is 15.9. The van der Waals surface area contributed by atoms with Crippen LogP contribution in [0.1, 0.15) is 46.6 Å². The maximum absolute atomic E-state index is 14.4. The largest absolute Gasteiger partial charge is 0.365 e. The molecule has 0 aliphatic rings. The lowest BCUT2D eigenvalue weighted by molar-refractivity contribution is 0.418. The van der Waals surface area contributed by atoms with Gasteiger partial charge in [0.05, 0.1) is 0 Å². The highest BCUT2D eigenvalue weighted by Gasteiger charge is 2.14. The molecule has 0 aliphatic heterocycles. The third-order valence-corrected chi connectivity index (χ3v) is 3.99. The summed E-state index contributed by atoms with van der Waals surface area (Å²) in [6, 6.07) is 1.95. The summed E-state index contributed by atoms with van der Waals surface area (Å²) < 4.78 is 14.4. The van der Waals surface area contributed by atoms with Crippen LogP contribution in [0.5, 0.6) is 0 Å². The van der Waals surface area contributed by atoms with E-state index in [0.29, 0.717) is 17.9 Å². The second-order valence-electron chi connectivity index (χ2n) is 6.27. The van der Waals surface area contributed by atoms with E-state index in [2.05, 4.69) is 50.2 Å². The first-order chi connectivity index (χ1) is 9.83. The summed E-state index contributed by atoms with van der Waals surface area (Å²) in [5.41, 5.74) is 0.617. The molecule has 0 saturated carbocycles. The molecule has 1 aromatic rings. The summed E-state index contributed by atoms with van der Waals surface area (Å²) in [4.78, 5) is 4.13. The Hall–Kier alpha value is -0.810. The average Bonchev–Trinajstić information content (AvgIpc) is 2.39. The molecule has 0 spiro atoms. The molecule has 2 N–H and O–H groups in total. The summed E-state index contributed by atoms with van der Waals surface area (Å²) in [5, 5.41) is 6.48. The van der Waals surface area contributed by atoms with Crippen molar-refractivity contribution in [1.29, 1.82) is 0 Å². The molecule has 0 fully saturated rings. The lowest BCUT2D eigenvalue weighted by Gasteiger charge is -2.21. The van der Waals surface area contributed by atoms with E-state index in [1.54, 1.807) is 12.3 Å². The molecule has 1 aromatic heterocycles. The lowest BCUT2D eigenvalue weighted by Crippen LogP contribution is -2.35. The van der Waals surface area contributed by atoms with E-state index < -0.39 is 0 Å². The normalized spacial score (nSPS) is 13.2. The minimum Gasteiger partial charge on any atom is -0.365 e. The quantitative estimate of drug-likeness (QED) is 0.710. The van der Waals surface area contributed by atoms with E-state index in [9.17, 15) is 4.39 Å². The molecule has 1 heterocycles. The molecule has 3 nitrogen and oxygen atoms in total. The number of hydrogen-bond donors (Lipinski definition) is 2. The highest BCUT2D eigenvalue weighted by molar-refractivity contribution is 7.99. The topological polar surface area (TPSA) is 37.0 Å². The third kappa shape index (κ3) is 7.14. The fourth-order valence-electron chi connectivity index (χ4n) is 1.79. The van der Waals surface area contributed by atoms with E-state index in [1.807, 2.05) is 11.8 Å². The predicted octanol–water partition coefficient (Wildman–Crippen LogP) is 4.05. The fraction of sp³-hybridized carbons (Fsp3) is 0.688. The molecule has 0 amide bonds. The second kappa shape index (κ2) is 8.59. The van der Waals surface area contributed by atoms with Crippen LogP contribution >= 0.6 is 11.8 Å². The van der Waals surface area contributed by atoms with E-state index >= 15 is 0 Å². The summed E-state index contributed by atoms with van der Waals surface area (Å²) in [6.45, 7) is 10.9. The number of halogens is 1. The van der Waals surface area contributed by atoms with E-state index in [-0.39, 0.29) is 17.4 Å². The first-order valence-electron chi connectivity index (χ1n) is 7.56. The summed E-state index contributed by atoms with van der Waals surface area (Å²) >= 11 is 1.90. The number of anilines is 1. The van der Waals surface area contributed by atoms with Crippen LogP contribution in [0.15, 0.2) is 12.3 Å². The zero-order valence-corrected chi connectivity index (χ0v) is 14.6. The number of nitrogens with zero attached hydrogens (tertiary/aromatic N) is 1. The fourth-order valence-corrected chi connectivity index (χ4v) is 2.60. The molecule has 21 heavy (non-hydrogen) atoms. The van der Waals surface area contributed by atoms with Gasteiger partial charge in [0, 0.05) is 29.9 Å². The zero-order valence-electron chi connectivity index (χ0n) is 13.8. The van der Waals surface area contributed by atoms with Crippen molar-refractivity contribution in [2.24, 2.45) is 0 Å². The van der Waals surface area contributed by atoms with Crippen LogP contribution in [0.4, 0.5) is 10.2 Å². The average molecular weight is 313 g/mol. The van der Waals surface area contributed by atoms with Gasteiger partial charge in [-0.15, -0.1) is 0 Å². The smallest absolute Gasteiger partial charge is 0.169 e. The van der Waals surface area contributed by atoms with Crippen LogP contribution in [0.3, 0.4) is 0 Å². The van der Waals surface area contributed by atoms with Gasteiger partial charge in [-0.25, -0.2) is 9.37 Å². The van der Waals surface area contributed by atoms with Gasteiger partial charge in [-0.2, -0.15) is 11.8 Å². The van der Waals surface area contributed by atoms with Gasteiger partial charge in [-0.3, -0.25) is 0 Å². The molecule has 1 rings (SSSR count). The van der Waals surface area contributed by atoms with Crippen LogP contribution < -0.4 is 10.6 Å². The number of aromatic nitrogens is 1. The Bertz CT molecular complexity index is 432. The Morgan fingerprint density at radius 1 is 1.38 bits per heavy atom. The Balaban J connectivity index is 2.63. The van der Waals surface area contributed by atoms with Crippen molar-refractivity contribution >= 4 is 17.6 Å². The molecular formula is C16H28FN3S. The molecular weight excluding hydrogens is 285 g/mol. The maximum Gasteiger partial charge on any atom is 0.169 e. The van der Waals surface area contributed by atoms with Crippen molar-refractivity contribution in [3.8, 4) is 0 Å². The van der Waals surface area contributed by atoms with E-state index in [1.165, 1.54) is 0 Å². The predicted molar refractivity (Wildman–Crippen MR) is 91.5 cm³/mol. The first kappa shape index (κ1) is 18.2. The van der Waals surface area contributed by atoms with Gasteiger partial charge < -0.3 is 10.6 Å².